The fraction of sp³-hybridized carbons (Fsp3) is 0.938. The third-order valence-electron chi connectivity index (χ3n) is 4.28. The number of carbonyl (C=O) groups is 1. The highest BCUT2D eigenvalue weighted by Crippen LogP contribution is 2.38. The van der Waals surface area contributed by atoms with E-state index in [4.69, 9.17) is 5.26 Å². The Morgan fingerprint density at radius 1 is 1.10 bits per heavy atom. The van der Waals surface area contributed by atoms with Gasteiger partial charge in [-0.3, -0.25) is 0 Å². The topological polar surface area (TPSA) is 66.8 Å². The van der Waals surface area contributed by atoms with Crippen molar-refractivity contribution in [2.45, 2.75) is 79.8 Å². The Balaban J connectivity index is 4.64. The molecule has 3 atom stereocenters. The number of hydrogen-bond donors (Lipinski definition) is 2. The number of hydrogen-bond acceptors (Lipinski definition) is 4. The van der Waals surface area contributed by atoms with Gasteiger partial charge in [-0.25, -0.2) is 4.79 Å². The zero-order valence-electron chi connectivity index (χ0n) is 13.9. The second kappa shape index (κ2) is 7.99. The van der Waals surface area contributed by atoms with Crippen molar-refractivity contribution in [2.24, 2.45) is 16.7 Å². The van der Waals surface area contributed by atoms with E-state index in [-0.39, 0.29) is 11.3 Å². The molecule has 0 heterocycles. The molecule has 0 aliphatic rings. The van der Waals surface area contributed by atoms with E-state index in [0.29, 0.717) is 12.8 Å². The maximum atomic E-state index is 11.9. The smallest absolute Gasteiger partial charge is 0.348 e. The minimum absolute atomic E-state index is 0.100. The zero-order chi connectivity index (χ0) is 16.0. The highest BCUT2D eigenvalue weighted by atomic mass is 17.1. The fourth-order valence-electron chi connectivity index (χ4n) is 2.42. The van der Waals surface area contributed by atoms with Gasteiger partial charge in [0.05, 0.1) is 11.5 Å². The van der Waals surface area contributed by atoms with Crippen LogP contribution in [0.1, 0.15) is 73.6 Å². The van der Waals surface area contributed by atoms with Gasteiger partial charge in [-0.1, -0.05) is 34.1 Å². The summed E-state index contributed by atoms with van der Waals surface area (Å²) in [6.07, 6.45) is 3.62. The van der Waals surface area contributed by atoms with Crippen molar-refractivity contribution < 1.29 is 20.0 Å². The molecule has 4 nitrogen and oxygen atoms in total. The van der Waals surface area contributed by atoms with Crippen molar-refractivity contribution in [3.05, 3.63) is 0 Å². The van der Waals surface area contributed by atoms with Crippen LogP contribution in [0.2, 0.25) is 0 Å². The summed E-state index contributed by atoms with van der Waals surface area (Å²) >= 11 is 0. The SMILES string of the molecule is CC(O)CCC(C)(C(=O)OO)C(C)CCCC(C)(C)C. The molecular formula is C16H32O4. The van der Waals surface area contributed by atoms with Crippen LogP contribution in [0.15, 0.2) is 0 Å². The Morgan fingerprint density at radius 3 is 2.05 bits per heavy atom. The summed E-state index contributed by atoms with van der Waals surface area (Å²) in [6.45, 7) is 12.1. The molecular weight excluding hydrogens is 256 g/mol. The summed E-state index contributed by atoms with van der Waals surface area (Å²) in [6, 6.07) is 0. The molecule has 0 bridgehead atoms. The van der Waals surface area contributed by atoms with Gasteiger partial charge in [0, 0.05) is 0 Å². The maximum absolute atomic E-state index is 11.9. The van der Waals surface area contributed by atoms with Gasteiger partial charge in [0.2, 0.25) is 0 Å². The molecule has 0 amide bonds. The lowest BCUT2D eigenvalue weighted by molar-refractivity contribution is -0.248. The molecule has 0 saturated carbocycles. The first-order valence-corrected chi connectivity index (χ1v) is 7.57. The fourth-order valence-corrected chi connectivity index (χ4v) is 2.42. The van der Waals surface area contributed by atoms with E-state index in [1.54, 1.807) is 6.92 Å². The summed E-state index contributed by atoms with van der Waals surface area (Å²) in [5.41, 5.74) is -0.461. The molecule has 0 aromatic rings. The van der Waals surface area contributed by atoms with Crippen LogP contribution in [0.5, 0.6) is 0 Å². The molecule has 0 aromatic heterocycles. The first-order valence-electron chi connectivity index (χ1n) is 7.57. The summed E-state index contributed by atoms with van der Waals surface area (Å²) in [5, 5.41) is 18.1. The molecule has 0 saturated heterocycles. The van der Waals surface area contributed by atoms with Crippen LogP contribution in [-0.2, 0) is 9.68 Å². The molecule has 0 spiro atoms. The van der Waals surface area contributed by atoms with Crippen molar-refractivity contribution in [3.63, 3.8) is 0 Å². The summed E-state index contributed by atoms with van der Waals surface area (Å²) in [5.74, 6) is -0.496. The third-order valence-corrected chi connectivity index (χ3v) is 4.28. The molecule has 0 fully saturated rings. The van der Waals surface area contributed by atoms with Gasteiger partial charge in [0.15, 0.2) is 0 Å². The normalized spacial score (nSPS) is 18.2. The van der Waals surface area contributed by atoms with Crippen LogP contribution >= 0.6 is 0 Å². The van der Waals surface area contributed by atoms with Crippen LogP contribution in [0.25, 0.3) is 0 Å². The third kappa shape index (κ3) is 6.71. The lowest BCUT2D eigenvalue weighted by Crippen LogP contribution is -2.36. The first kappa shape index (κ1) is 19.4. The van der Waals surface area contributed by atoms with E-state index in [9.17, 15) is 9.90 Å². The van der Waals surface area contributed by atoms with Crippen LogP contribution in [0.3, 0.4) is 0 Å². The predicted octanol–water partition coefficient (Wildman–Crippen LogP) is 4.02. The Hall–Kier alpha value is -0.610. The van der Waals surface area contributed by atoms with E-state index in [2.05, 4.69) is 25.7 Å². The molecule has 0 radical (unpaired) electrons. The van der Waals surface area contributed by atoms with Gasteiger partial charge < -0.3 is 9.99 Å². The van der Waals surface area contributed by atoms with Crippen LogP contribution in [-0.4, -0.2) is 22.4 Å². The quantitative estimate of drug-likeness (QED) is 0.523. The van der Waals surface area contributed by atoms with Gasteiger partial charge in [-0.15, -0.1) is 0 Å². The van der Waals surface area contributed by atoms with E-state index >= 15 is 0 Å². The molecule has 120 valence electrons. The van der Waals surface area contributed by atoms with Crippen molar-refractivity contribution in [1.29, 1.82) is 0 Å². The van der Waals surface area contributed by atoms with Gasteiger partial charge in [0.25, 0.3) is 0 Å². The molecule has 2 N–H and O–H groups in total. The Bertz CT molecular complexity index is 293. The minimum atomic E-state index is -0.746. The second-order valence-corrected chi connectivity index (χ2v) is 7.54. The molecule has 3 unspecified atom stereocenters. The largest absolute Gasteiger partial charge is 0.393 e. The van der Waals surface area contributed by atoms with Crippen molar-refractivity contribution in [1.82, 2.24) is 0 Å². The van der Waals surface area contributed by atoms with Gasteiger partial charge in [0.1, 0.15) is 0 Å². The highest BCUT2D eigenvalue weighted by molar-refractivity contribution is 5.76. The van der Waals surface area contributed by atoms with Crippen LogP contribution < -0.4 is 0 Å². The summed E-state index contributed by atoms with van der Waals surface area (Å²) in [4.78, 5) is 15.9. The summed E-state index contributed by atoms with van der Waals surface area (Å²) in [7, 11) is 0. The average molecular weight is 288 g/mol. The Morgan fingerprint density at radius 2 is 1.65 bits per heavy atom. The van der Waals surface area contributed by atoms with E-state index in [1.165, 1.54) is 0 Å². The van der Waals surface area contributed by atoms with E-state index in [1.807, 2.05) is 13.8 Å². The predicted molar refractivity (Wildman–Crippen MR) is 80.2 cm³/mol. The monoisotopic (exact) mass is 288 g/mol. The lowest BCUT2D eigenvalue weighted by Gasteiger charge is -2.33. The van der Waals surface area contributed by atoms with Gasteiger partial charge >= 0.3 is 5.97 Å². The van der Waals surface area contributed by atoms with Crippen molar-refractivity contribution in [3.8, 4) is 0 Å². The molecule has 0 aromatic carbocycles. The minimum Gasteiger partial charge on any atom is -0.393 e. The number of carbonyl (C=O) groups excluding carboxylic acids is 1. The molecule has 0 aliphatic heterocycles. The number of aliphatic hydroxyl groups is 1. The first-order chi connectivity index (χ1) is 9.03. The summed E-state index contributed by atoms with van der Waals surface area (Å²) < 4.78 is 0. The van der Waals surface area contributed by atoms with Crippen LogP contribution in [0.4, 0.5) is 0 Å². The number of aliphatic hydroxyl groups excluding tert-OH is 1. The highest BCUT2D eigenvalue weighted by Gasteiger charge is 2.40. The Labute approximate surface area is 123 Å². The van der Waals surface area contributed by atoms with Crippen LogP contribution in [0, 0.1) is 16.7 Å². The van der Waals surface area contributed by atoms with Crippen molar-refractivity contribution >= 4 is 5.97 Å². The average Bonchev–Trinajstić information content (AvgIpc) is 2.33. The molecule has 0 aliphatic carbocycles. The molecule has 4 heteroatoms. The lowest BCUT2D eigenvalue weighted by atomic mass is 9.71. The van der Waals surface area contributed by atoms with Crippen molar-refractivity contribution in [2.75, 3.05) is 0 Å². The standard InChI is InChI=1S/C16H32O4/c1-12(8-7-10-15(3,4)5)16(6,14(18)20-19)11-9-13(2)17/h12-13,17,19H,7-11H2,1-6H3. The van der Waals surface area contributed by atoms with E-state index in [0.717, 1.165) is 19.3 Å². The van der Waals surface area contributed by atoms with E-state index < -0.39 is 17.5 Å². The van der Waals surface area contributed by atoms with Gasteiger partial charge in [-0.05, 0) is 50.9 Å². The number of rotatable bonds is 8. The molecule has 20 heavy (non-hydrogen) atoms. The van der Waals surface area contributed by atoms with Gasteiger partial charge in [-0.2, -0.15) is 5.26 Å². The molecule has 0 rings (SSSR count). The second-order valence-electron chi connectivity index (χ2n) is 7.54. The zero-order valence-corrected chi connectivity index (χ0v) is 13.9. The Kier molecular flexibility index (Phi) is 7.74. The maximum Gasteiger partial charge on any atom is 0.348 e.